The van der Waals surface area contributed by atoms with Gasteiger partial charge in [-0.25, -0.2) is 0 Å². The molecule has 0 aromatic heterocycles. The van der Waals surface area contributed by atoms with Crippen molar-refractivity contribution in [1.29, 1.82) is 0 Å². The quantitative estimate of drug-likeness (QED) is 0.482. The summed E-state index contributed by atoms with van der Waals surface area (Å²) in [5.74, 6) is 2.60. The molecule has 48 valence electrons. The van der Waals surface area contributed by atoms with Gasteiger partial charge in [-0.05, 0) is 18.3 Å². The van der Waals surface area contributed by atoms with Gasteiger partial charge < -0.3 is 0 Å². The highest BCUT2D eigenvalue weighted by molar-refractivity contribution is 6.18. The van der Waals surface area contributed by atoms with E-state index < -0.39 is 0 Å². The van der Waals surface area contributed by atoms with E-state index in [1.807, 2.05) is 0 Å². The fraction of sp³-hybridized carbons (Fsp3) is 1.00. The lowest BCUT2D eigenvalue weighted by Gasteiger charge is -2.08. The fourth-order valence-electron chi connectivity index (χ4n) is 1.45. The molecule has 0 nitrogen and oxygen atoms in total. The predicted octanol–water partition coefficient (Wildman–Crippen LogP) is 2.66. The molecule has 0 saturated heterocycles. The van der Waals surface area contributed by atoms with E-state index >= 15 is 0 Å². The summed E-state index contributed by atoms with van der Waals surface area (Å²) in [6.45, 7) is 2.31. The summed E-state index contributed by atoms with van der Waals surface area (Å²) in [4.78, 5) is 0. The molecule has 0 aromatic rings. The average molecular weight is 133 g/mol. The third-order valence-electron chi connectivity index (χ3n) is 2.24. The normalized spacial score (nSPS) is 38.2. The Morgan fingerprint density at radius 1 is 1.50 bits per heavy atom. The molecule has 0 heterocycles. The number of alkyl halides is 1. The van der Waals surface area contributed by atoms with Crippen LogP contribution in [-0.2, 0) is 0 Å². The van der Waals surface area contributed by atoms with Crippen molar-refractivity contribution in [1.82, 2.24) is 0 Å². The van der Waals surface area contributed by atoms with E-state index in [4.69, 9.17) is 11.6 Å². The Morgan fingerprint density at radius 2 is 2.25 bits per heavy atom. The maximum Gasteiger partial charge on any atom is 0.0254 e. The van der Waals surface area contributed by atoms with E-state index in [1.54, 1.807) is 0 Å². The Labute approximate surface area is 56.2 Å². The van der Waals surface area contributed by atoms with Crippen molar-refractivity contribution in [2.24, 2.45) is 11.8 Å². The Hall–Kier alpha value is 0.290. The van der Waals surface area contributed by atoms with Gasteiger partial charge in [-0.1, -0.05) is 19.8 Å². The van der Waals surface area contributed by atoms with Crippen LogP contribution in [0.3, 0.4) is 0 Å². The summed E-state index contributed by atoms with van der Waals surface area (Å²) in [7, 11) is 0. The van der Waals surface area contributed by atoms with Crippen LogP contribution in [0.15, 0.2) is 0 Å². The number of rotatable bonds is 1. The van der Waals surface area contributed by atoms with Gasteiger partial charge in [-0.3, -0.25) is 0 Å². The van der Waals surface area contributed by atoms with E-state index in [0.29, 0.717) is 0 Å². The van der Waals surface area contributed by atoms with Crippen molar-refractivity contribution in [3.8, 4) is 0 Å². The number of hydrogen-bond donors (Lipinski definition) is 0. The molecular formula is C7H13Cl. The topological polar surface area (TPSA) is 0 Å². The lowest BCUT2D eigenvalue weighted by atomic mass is 10.0. The molecular weight excluding hydrogens is 120 g/mol. The third kappa shape index (κ3) is 1.17. The van der Waals surface area contributed by atoms with Gasteiger partial charge in [0.05, 0.1) is 0 Å². The zero-order valence-electron chi connectivity index (χ0n) is 5.36. The minimum absolute atomic E-state index is 0.830. The van der Waals surface area contributed by atoms with Crippen molar-refractivity contribution in [2.45, 2.75) is 26.2 Å². The molecule has 1 saturated carbocycles. The average Bonchev–Trinajstić information content (AvgIpc) is 2.14. The zero-order chi connectivity index (χ0) is 5.98. The summed E-state index contributed by atoms with van der Waals surface area (Å²) in [6, 6.07) is 0. The van der Waals surface area contributed by atoms with Crippen molar-refractivity contribution in [2.75, 3.05) is 5.88 Å². The first-order chi connectivity index (χ1) is 3.84. The maximum absolute atomic E-state index is 5.70. The lowest BCUT2D eigenvalue weighted by molar-refractivity contribution is 0.462. The second kappa shape index (κ2) is 2.72. The second-order valence-electron chi connectivity index (χ2n) is 2.82. The molecule has 0 spiro atoms. The standard InChI is InChI=1S/C7H13Cl/c1-6-3-2-4-7(6)5-8/h6-7H,2-5H2,1H3/t6?,7-/m0/s1. The summed E-state index contributed by atoms with van der Waals surface area (Å²) >= 11 is 5.70. The molecule has 0 aromatic carbocycles. The summed E-state index contributed by atoms with van der Waals surface area (Å²) < 4.78 is 0. The minimum Gasteiger partial charge on any atom is -0.126 e. The van der Waals surface area contributed by atoms with Crippen LogP contribution in [0.4, 0.5) is 0 Å². The Balaban J connectivity index is 2.30. The number of hydrogen-bond acceptors (Lipinski definition) is 0. The largest absolute Gasteiger partial charge is 0.126 e. The first kappa shape index (κ1) is 6.41. The SMILES string of the molecule is CC1CCC[C@H]1CCl. The van der Waals surface area contributed by atoms with Gasteiger partial charge >= 0.3 is 0 Å². The highest BCUT2D eigenvalue weighted by Gasteiger charge is 2.21. The highest BCUT2D eigenvalue weighted by atomic mass is 35.5. The molecule has 0 N–H and O–H groups in total. The lowest BCUT2D eigenvalue weighted by Crippen LogP contribution is -2.04. The van der Waals surface area contributed by atoms with Crippen molar-refractivity contribution in [3.05, 3.63) is 0 Å². The first-order valence-corrected chi connectivity index (χ1v) is 3.94. The minimum atomic E-state index is 0.830. The number of halogens is 1. The van der Waals surface area contributed by atoms with Crippen LogP contribution in [0.1, 0.15) is 26.2 Å². The maximum atomic E-state index is 5.70. The van der Waals surface area contributed by atoms with Crippen LogP contribution < -0.4 is 0 Å². The van der Waals surface area contributed by atoms with Crippen LogP contribution in [0.2, 0.25) is 0 Å². The van der Waals surface area contributed by atoms with Gasteiger partial charge in [0.15, 0.2) is 0 Å². The van der Waals surface area contributed by atoms with Crippen molar-refractivity contribution >= 4 is 11.6 Å². The molecule has 0 aliphatic heterocycles. The second-order valence-corrected chi connectivity index (χ2v) is 3.13. The molecule has 0 amide bonds. The smallest absolute Gasteiger partial charge is 0.0254 e. The molecule has 0 radical (unpaired) electrons. The summed E-state index contributed by atoms with van der Waals surface area (Å²) in [5.41, 5.74) is 0. The van der Waals surface area contributed by atoms with Crippen molar-refractivity contribution in [3.63, 3.8) is 0 Å². The molecule has 1 heteroatoms. The molecule has 1 rings (SSSR count). The summed E-state index contributed by atoms with van der Waals surface area (Å²) in [6.07, 6.45) is 4.17. The third-order valence-corrected chi connectivity index (χ3v) is 2.63. The highest BCUT2D eigenvalue weighted by Crippen LogP contribution is 2.31. The molecule has 1 unspecified atom stereocenters. The van der Waals surface area contributed by atoms with Gasteiger partial charge in [0, 0.05) is 5.88 Å². The first-order valence-electron chi connectivity index (χ1n) is 3.40. The van der Waals surface area contributed by atoms with E-state index in [-0.39, 0.29) is 0 Å². The van der Waals surface area contributed by atoms with Crippen LogP contribution in [0.25, 0.3) is 0 Å². The molecule has 1 fully saturated rings. The van der Waals surface area contributed by atoms with E-state index in [0.717, 1.165) is 17.7 Å². The van der Waals surface area contributed by atoms with Crippen LogP contribution in [0.5, 0.6) is 0 Å². The Morgan fingerprint density at radius 3 is 2.50 bits per heavy atom. The molecule has 1 aliphatic carbocycles. The molecule has 1 aliphatic rings. The van der Waals surface area contributed by atoms with E-state index in [9.17, 15) is 0 Å². The van der Waals surface area contributed by atoms with Gasteiger partial charge in [0.25, 0.3) is 0 Å². The molecule has 8 heavy (non-hydrogen) atoms. The van der Waals surface area contributed by atoms with Crippen LogP contribution in [-0.4, -0.2) is 5.88 Å². The summed E-state index contributed by atoms with van der Waals surface area (Å²) in [5, 5.41) is 0. The fourth-order valence-corrected chi connectivity index (χ4v) is 1.91. The monoisotopic (exact) mass is 132 g/mol. The van der Waals surface area contributed by atoms with E-state index in [2.05, 4.69) is 6.92 Å². The Bertz CT molecular complexity index is 70.8. The van der Waals surface area contributed by atoms with Gasteiger partial charge in [0.1, 0.15) is 0 Å². The van der Waals surface area contributed by atoms with Gasteiger partial charge in [-0.15, -0.1) is 11.6 Å². The van der Waals surface area contributed by atoms with Crippen LogP contribution in [0, 0.1) is 11.8 Å². The van der Waals surface area contributed by atoms with Gasteiger partial charge in [-0.2, -0.15) is 0 Å². The predicted molar refractivity (Wildman–Crippen MR) is 37.2 cm³/mol. The van der Waals surface area contributed by atoms with Crippen LogP contribution >= 0.6 is 11.6 Å². The zero-order valence-corrected chi connectivity index (χ0v) is 6.12. The Kier molecular flexibility index (Phi) is 2.18. The van der Waals surface area contributed by atoms with Gasteiger partial charge in [0.2, 0.25) is 0 Å². The van der Waals surface area contributed by atoms with Crippen molar-refractivity contribution < 1.29 is 0 Å². The molecule has 2 atom stereocenters. The van der Waals surface area contributed by atoms with E-state index in [1.165, 1.54) is 19.3 Å². The molecule has 0 bridgehead atoms.